The van der Waals surface area contributed by atoms with E-state index in [1.807, 2.05) is 49.9 Å². The second kappa shape index (κ2) is 15.5. The lowest BCUT2D eigenvalue weighted by atomic mass is 9.95. The van der Waals surface area contributed by atoms with E-state index in [1.54, 1.807) is 11.3 Å². The summed E-state index contributed by atoms with van der Waals surface area (Å²) in [7, 11) is 2.60. The SMILES string of the molecule is COC(=O)N[C@H](C(=O)N1CCC[C@H]1c1ncc(-c2ccc3c(ccc4cc(-c5cnc([C@@H]6[C@@H]7CC[C@@H](C7)N6C(=O)[C@@H](NC(=O)OC)C(C)C)[nH]5)sc43)c2)[nH]1)C(C)C. The molecule has 2 saturated heterocycles. The Morgan fingerprint density at radius 3 is 2.19 bits per heavy atom. The third-order valence-corrected chi connectivity index (χ3v) is 13.2. The summed E-state index contributed by atoms with van der Waals surface area (Å²) in [6.07, 6.45) is 7.01. The number of H-pyrrole nitrogens is 2. The summed E-state index contributed by atoms with van der Waals surface area (Å²) < 4.78 is 10.8. The van der Waals surface area contributed by atoms with Crippen molar-refractivity contribution in [1.82, 2.24) is 40.4 Å². The Bertz CT molecular complexity index is 2330. The van der Waals surface area contributed by atoms with E-state index in [9.17, 15) is 19.2 Å². The molecule has 2 aromatic carbocycles. The van der Waals surface area contributed by atoms with Gasteiger partial charge in [0.2, 0.25) is 11.8 Å². The van der Waals surface area contributed by atoms with Gasteiger partial charge in [0.25, 0.3) is 0 Å². The zero-order chi connectivity index (χ0) is 40.1. The van der Waals surface area contributed by atoms with Gasteiger partial charge in [-0.15, -0.1) is 11.3 Å². The number of benzene rings is 2. The summed E-state index contributed by atoms with van der Waals surface area (Å²) in [6, 6.07) is 11.2. The Balaban J connectivity index is 1.02. The minimum atomic E-state index is -0.692. The smallest absolute Gasteiger partial charge is 0.407 e. The van der Waals surface area contributed by atoms with E-state index in [0.717, 1.165) is 81.7 Å². The Kier molecular flexibility index (Phi) is 10.4. The molecule has 2 aliphatic heterocycles. The highest BCUT2D eigenvalue weighted by atomic mass is 32.1. The van der Waals surface area contributed by atoms with Crippen LogP contribution < -0.4 is 10.6 Å². The highest BCUT2D eigenvalue weighted by Crippen LogP contribution is 2.50. The summed E-state index contributed by atoms with van der Waals surface area (Å²) in [5.74, 6) is 1.37. The van der Waals surface area contributed by atoms with Gasteiger partial charge in [0.05, 0.1) is 55.0 Å². The van der Waals surface area contributed by atoms with E-state index in [1.165, 1.54) is 18.9 Å². The van der Waals surface area contributed by atoms with Gasteiger partial charge in [0.15, 0.2) is 0 Å². The first-order chi connectivity index (χ1) is 27.4. The van der Waals surface area contributed by atoms with Crippen LogP contribution in [0.3, 0.4) is 0 Å². The van der Waals surface area contributed by atoms with Crippen LogP contribution in [0.1, 0.15) is 83.5 Å². The molecule has 300 valence electrons. The Hall–Kier alpha value is -5.44. The molecule has 3 aromatic heterocycles. The molecule has 4 amide bonds. The fourth-order valence-electron chi connectivity index (χ4n) is 9.10. The second-order valence-corrected chi connectivity index (χ2v) is 17.3. The van der Waals surface area contributed by atoms with Crippen molar-refractivity contribution in [2.75, 3.05) is 20.8 Å². The van der Waals surface area contributed by atoms with Crippen molar-refractivity contribution < 1.29 is 28.7 Å². The predicted molar refractivity (Wildman–Crippen MR) is 217 cm³/mol. The van der Waals surface area contributed by atoms with Gasteiger partial charge in [-0.2, -0.15) is 0 Å². The molecular weight excluding hydrogens is 745 g/mol. The zero-order valence-electron chi connectivity index (χ0n) is 33.1. The van der Waals surface area contributed by atoms with Gasteiger partial charge in [-0.3, -0.25) is 9.59 Å². The zero-order valence-corrected chi connectivity index (χ0v) is 33.9. The molecule has 5 heterocycles. The van der Waals surface area contributed by atoms with Crippen molar-refractivity contribution >= 4 is 56.2 Å². The molecule has 8 rings (SSSR count). The number of fused-ring (bicyclic) bond motifs is 5. The van der Waals surface area contributed by atoms with Crippen LogP contribution in [0.25, 0.3) is 42.7 Å². The van der Waals surface area contributed by atoms with Crippen molar-refractivity contribution in [3.8, 4) is 21.8 Å². The number of methoxy groups -OCH3 is 2. The van der Waals surface area contributed by atoms with Crippen LogP contribution in [0.5, 0.6) is 0 Å². The number of hydrogen-bond acceptors (Lipinski definition) is 9. The van der Waals surface area contributed by atoms with E-state index in [-0.39, 0.29) is 41.8 Å². The largest absolute Gasteiger partial charge is 0.453 e. The number of likely N-dealkylation sites (tertiary alicyclic amines) is 2. The monoisotopic (exact) mass is 794 g/mol. The minimum absolute atomic E-state index is 0.0926. The summed E-state index contributed by atoms with van der Waals surface area (Å²) >= 11 is 1.71. The maximum atomic E-state index is 14.0. The van der Waals surface area contributed by atoms with Gasteiger partial charge >= 0.3 is 12.2 Å². The van der Waals surface area contributed by atoms with Crippen LogP contribution >= 0.6 is 11.3 Å². The van der Waals surface area contributed by atoms with Gasteiger partial charge in [0.1, 0.15) is 23.7 Å². The molecule has 15 heteroatoms. The van der Waals surface area contributed by atoms with Crippen molar-refractivity contribution in [2.45, 2.75) is 90.0 Å². The fraction of sp³-hybridized carbons (Fsp3) is 0.476. The molecule has 1 saturated carbocycles. The minimum Gasteiger partial charge on any atom is -0.453 e. The van der Waals surface area contributed by atoms with E-state index in [0.29, 0.717) is 12.5 Å². The molecule has 0 radical (unpaired) electrons. The van der Waals surface area contributed by atoms with Crippen LogP contribution in [0.4, 0.5) is 9.59 Å². The number of rotatable bonds is 10. The average Bonchev–Trinajstić information content (AvgIpc) is 4.06. The molecule has 3 aliphatic rings. The number of imidazole rings is 2. The van der Waals surface area contributed by atoms with Crippen LogP contribution in [0, 0.1) is 17.8 Å². The van der Waals surface area contributed by atoms with Gasteiger partial charge in [-0.25, -0.2) is 19.6 Å². The van der Waals surface area contributed by atoms with Crippen molar-refractivity contribution in [3.63, 3.8) is 0 Å². The van der Waals surface area contributed by atoms with E-state index >= 15 is 0 Å². The third kappa shape index (κ3) is 7.10. The number of amides is 4. The van der Waals surface area contributed by atoms with E-state index in [4.69, 9.17) is 19.4 Å². The van der Waals surface area contributed by atoms with Crippen LogP contribution in [-0.4, -0.2) is 92.6 Å². The molecule has 3 fully saturated rings. The number of thiophene rings is 1. The molecule has 57 heavy (non-hydrogen) atoms. The third-order valence-electron chi connectivity index (χ3n) is 12.0. The first-order valence-corrected chi connectivity index (χ1v) is 20.7. The first kappa shape index (κ1) is 38.4. The summed E-state index contributed by atoms with van der Waals surface area (Å²) in [5, 5.41) is 8.84. The first-order valence-electron chi connectivity index (χ1n) is 19.8. The number of alkyl carbamates (subject to hydrolysis) is 2. The number of piperidine rings is 1. The molecule has 0 unspecified atom stereocenters. The molecule has 1 aliphatic carbocycles. The molecule has 14 nitrogen and oxygen atoms in total. The van der Waals surface area contributed by atoms with E-state index in [2.05, 4.69) is 57.0 Å². The maximum Gasteiger partial charge on any atom is 0.407 e. The Labute approximate surface area is 335 Å². The second-order valence-electron chi connectivity index (χ2n) is 16.2. The number of ether oxygens (including phenoxy) is 2. The van der Waals surface area contributed by atoms with Gasteiger partial charge in [-0.05, 0) is 78.1 Å². The number of carbonyl (C=O) groups excluding carboxylic acids is 4. The van der Waals surface area contributed by atoms with Crippen molar-refractivity contribution in [2.24, 2.45) is 17.8 Å². The molecular formula is C42H50N8O6S. The quantitative estimate of drug-likeness (QED) is 0.114. The predicted octanol–water partition coefficient (Wildman–Crippen LogP) is 7.31. The van der Waals surface area contributed by atoms with Gasteiger partial charge in [0, 0.05) is 22.8 Å². The molecule has 6 atom stereocenters. The standard InChI is InChI=1S/C42H50N8O6S/c1-21(2)33(47-41(53)55-5)39(51)49-15-7-8-31(49)37-43-19-29(45-37)24-12-14-28-23(16-24)9-10-26-18-32(57-36(26)28)30-20-44-38(46-30)35-25-11-13-27(17-25)50(35)40(52)34(22(3)4)48-42(54)56-6/h9-10,12,14,16,18-22,25,27,31,33-35H,7-8,11,13,15,17H2,1-6H3,(H,43,45)(H,44,46)(H,47,53)(H,48,54)/t25-,27+,31+,33+,34+,35+/m1/s1. The maximum absolute atomic E-state index is 14.0. The Morgan fingerprint density at radius 1 is 0.807 bits per heavy atom. The molecule has 2 bridgehead atoms. The number of aromatic amines is 2. The summed E-state index contributed by atoms with van der Waals surface area (Å²) in [5.41, 5.74) is 2.76. The normalized spacial score (nSPS) is 21.5. The van der Waals surface area contributed by atoms with Crippen molar-refractivity contribution in [1.29, 1.82) is 0 Å². The van der Waals surface area contributed by atoms with Crippen LogP contribution in [0.2, 0.25) is 0 Å². The number of carbonyl (C=O) groups is 4. The number of hydrogen-bond donors (Lipinski definition) is 4. The van der Waals surface area contributed by atoms with Crippen molar-refractivity contribution in [3.05, 3.63) is 60.4 Å². The number of aromatic nitrogens is 4. The van der Waals surface area contributed by atoms with Crippen LogP contribution in [-0.2, 0) is 19.1 Å². The number of nitrogens with one attached hydrogen (secondary N) is 4. The Morgan fingerprint density at radius 2 is 1.47 bits per heavy atom. The van der Waals surface area contributed by atoms with Crippen LogP contribution in [0.15, 0.2) is 48.8 Å². The lowest BCUT2D eigenvalue weighted by Crippen LogP contribution is -2.54. The highest BCUT2D eigenvalue weighted by Gasteiger charge is 2.51. The van der Waals surface area contributed by atoms with Gasteiger partial charge < -0.3 is 39.9 Å². The summed E-state index contributed by atoms with van der Waals surface area (Å²) in [4.78, 5) is 73.3. The molecule has 5 aromatic rings. The lowest BCUT2D eigenvalue weighted by Gasteiger charge is -2.37. The number of nitrogens with zero attached hydrogens (tertiary/aromatic N) is 4. The fourth-order valence-corrected chi connectivity index (χ4v) is 10.3. The summed E-state index contributed by atoms with van der Waals surface area (Å²) in [6.45, 7) is 8.26. The van der Waals surface area contributed by atoms with E-state index < -0.39 is 24.3 Å². The molecule has 0 spiro atoms. The topological polar surface area (TPSA) is 175 Å². The van der Waals surface area contributed by atoms with Gasteiger partial charge in [-0.1, -0.05) is 52.0 Å². The lowest BCUT2D eigenvalue weighted by molar-refractivity contribution is -0.139. The average molecular weight is 795 g/mol. The highest BCUT2D eigenvalue weighted by molar-refractivity contribution is 7.23. The molecule has 4 N–H and O–H groups in total.